The first-order valence-corrected chi connectivity index (χ1v) is 8.85. The van der Waals surface area contributed by atoms with Crippen LogP contribution in [0.25, 0.3) is 22.3 Å². The Morgan fingerprint density at radius 2 is 1.86 bits per heavy atom. The number of aromatic nitrogens is 4. The van der Waals surface area contributed by atoms with Gasteiger partial charge >= 0.3 is 0 Å². The van der Waals surface area contributed by atoms with E-state index in [9.17, 15) is 9.59 Å². The number of rotatable bonds is 6. The molecule has 1 amide bonds. The molecule has 0 saturated carbocycles. The minimum atomic E-state index is -0.316. The largest absolute Gasteiger partial charge is 0.339 e. The van der Waals surface area contributed by atoms with Crippen molar-refractivity contribution in [1.29, 1.82) is 0 Å². The second-order valence-corrected chi connectivity index (χ2v) is 6.20. The maximum absolute atomic E-state index is 12.4. The average Bonchev–Trinajstić information content (AvgIpc) is 3.20. The molecule has 0 fully saturated rings. The van der Waals surface area contributed by atoms with Crippen LogP contribution in [-0.4, -0.2) is 25.7 Å². The summed E-state index contributed by atoms with van der Waals surface area (Å²) in [5.41, 5.74) is 3.70. The van der Waals surface area contributed by atoms with Crippen molar-refractivity contribution in [3.05, 3.63) is 77.2 Å². The van der Waals surface area contributed by atoms with E-state index in [2.05, 4.69) is 20.6 Å². The van der Waals surface area contributed by atoms with Crippen molar-refractivity contribution >= 4 is 16.8 Å². The lowest BCUT2D eigenvalue weighted by molar-refractivity contribution is -0.117. The molecule has 0 unspecified atom stereocenters. The number of carbonyl (C=O) groups excluding carboxylic acids is 1. The highest BCUT2D eigenvalue weighted by atomic mass is 16.5. The van der Waals surface area contributed by atoms with Gasteiger partial charge in [-0.05, 0) is 18.6 Å². The predicted octanol–water partition coefficient (Wildman–Crippen LogP) is 2.54. The maximum atomic E-state index is 12.4. The zero-order valence-corrected chi connectivity index (χ0v) is 14.9. The minimum absolute atomic E-state index is 0.211. The Bertz CT molecular complexity index is 1170. The highest BCUT2D eigenvalue weighted by Gasteiger charge is 2.10. The van der Waals surface area contributed by atoms with Crippen molar-refractivity contribution in [2.45, 2.75) is 19.3 Å². The van der Waals surface area contributed by atoms with Crippen LogP contribution >= 0.6 is 0 Å². The Balaban J connectivity index is 1.34. The summed E-state index contributed by atoms with van der Waals surface area (Å²) >= 11 is 0. The molecule has 4 rings (SSSR count). The lowest BCUT2D eigenvalue weighted by atomic mass is 10.2. The molecule has 0 bridgehead atoms. The van der Waals surface area contributed by atoms with Crippen LogP contribution in [0.5, 0.6) is 0 Å². The Morgan fingerprint density at radius 1 is 1.07 bits per heavy atom. The van der Waals surface area contributed by atoms with Crippen LogP contribution < -0.4 is 11.0 Å². The van der Waals surface area contributed by atoms with Crippen LogP contribution in [0.1, 0.15) is 18.7 Å². The van der Waals surface area contributed by atoms with Crippen LogP contribution in [0.4, 0.5) is 0 Å². The molecule has 0 saturated heterocycles. The molecule has 8 heteroatoms. The first-order chi connectivity index (χ1) is 13.7. The number of amides is 1. The third kappa shape index (κ3) is 3.80. The van der Waals surface area contributed by atoms with Gasteiger partial charge in [0.25, 0.3) is 5.56 Å². The van der Waals surface area contributed by atoms with Crippen LogP contribution in [0.15, 0.2) is 70.2 Å². The molecule has 140 valence electrons. The number of fused-ring (bicyclic) bond motifs is 1. The molecule has 1 N–H and O–H groups in total. The van der Waals surface area contributed by atoms with Gasteiger partial charge in [-0.2, -0.15) is 4.98 Å². The number of hydrogen-bond donors (Lipinski definition) is 1. The predicted molar refractivity (Wildman–Crippen MR) is 103 cm³/mol. The third-order valence-electron chi connectivity index (χ3n) is 4.21. The lowest BCUT2D eigenvalue weighted by Crippen LogP contribution is -2.33. The van der Waals surface area contributed by atoms with Gasteiger partial charge in [0.15, 0.2) is 0 Å². The molecule has 2 aromatic carbocycles. The maximum Gasteiger partial charge on any atom is 0.280 e. The number of nitrogens with one attached hydrogen (secondary N) is 1. The first-order valence-electron chi connectivity index (χ1n) is 8.85. The average molecular weight is 375 g/mol. The Hall–Kier alpha value is -3.81. The van der Waals surface area contributed by atoms with E-state index in [1.807, 2.05) is 30.3 Å². The van der Waals surface area contributed by atoms with Gasteiger partial charge < -0.3 is 4.52 Å². The summed E-state index contributed by atoms with van der Waals surface area (Å²) in [5, 5.41) is 4.40. The van der Waals surface area contributed by atoms with E-state index in [0.717, 1.165) is 10.2 Å². The van der Waals surface area contributed by atoms with Gasteiger partial charge in [-0.3, -0.25) is 15.0 Å². The van der Waals surface area contributed by atoms with Gasteiger partial charge in [0, 0.05) is 18.4 Å². The molecule has 2 heterocycles. The van der Waals surface area contributed by atoms with Gasteiger partial charge in [0.05, 0.1) is 10.9 Å². The normalized spacial score (nSPS) is 10.9. The van der Waals surface area contributed by atoms with Gasteiger partial charge in [-0.15, -0.1) is 0 Å². The summed E-state index contributed by atoms with van der Waals surface area (Å²) in [5.74, 6) is 0.701. The van der Waals surface area contributed by atoms with E-state index in [-0.39, 0.29) is 17.9 Å². The van der Waals surface area contributed by atoms with E-state index in [1.54, 1.807) is 24.3 Å². The summed E-state index contributed by atoms with van der Waals surface area (Å²) in [4.78, 5) is 33.0. The van der Waals surface area contributed by atoms with E-state index < -0.39 is 0 Å². The summed E-state index contributed by atoms with van der Waals surface area (Å²) in [6.07, 6.45) is 2.51. The van der Waals surface area contributed by atoms with Gasteiger partial charge in [0.1, 0.15) is 6.33 Å². The fraction of sp³-hybridized carbons (Fsp3) is 0.150. The molecule has 4 aromatic rings. The van der Waals surface area contributed by atoms with Crippen LogP contribution in [0.2, 0.25) is 0 Å². The Kier molecular flexibility index (Phi) is 4.92. The SMILES string of the molecule is O=C(CCCc1nc(-c2ccccc2)no1)Nn1cnc2ccccc2c1=O. The van der Waals surface area contributed by atoms with Gasteiger partial charge in [-0.25, -0.2) is 9.66 Å². The summed E-state index contributed by atoms with van der Waals surface area (Å²) in [6.45, 7) is 0. The topological polar surface area (TPSA) is 103 Å². The highest BCUT2D eigenvalue weighted by molar-refractivity contribution is 5.84. The molecular formula is C20H17N5O3. The molecule has 0 aliphatic heterocycles. The second kappa shape index (κ2) is 7.83. The molecule has 8 nitrogen and oxygen atoms in total. The van der Waals surface area contributed by atoms with Crippen LogP contribution in [-0.2, 0) is 11.2 Å². The van der Waals surface area contributed by atoms with Crippen molar-refractivity contribution < 1.29 is 9.32 Å². The molecule has 0 aliphatic carbocycles. The zero-order chi connectivity index (χ0) is 19.3. The zero-order valence-electron chi connectivity index (χ0n) is 14.9. The highest BCUT2D eigenvalue weighted by Crippen LogP contribution is 2.15. The molecular weight excluding hydrogens is 358 g/mol. The number of para-hydroxylation sites is 1. The van der Waals surface area contributed by atoms with Crippen molar-refractivity contribution in [2.24, 2.45) is 0 Å². The minimum Gasteiger partial charge on any atom is -0.339 e. The number of carbonyl (C=O) groups is 1. The molecule has 28 heavy (non-hydrogen) atoms. The van der Waals surface area contributed by atoms with Gasteiger partial charge in [-0.1, -0.05) is 47.6 Å². The number of benzene rings is 2. The fourth-order valence-corrected chi connectivity index (χ4v) is 2.80. The molecule has 0 atom stereocenters. The van der Waals surface area contributed by atoms with Crippen molar-refractivity contribution in [2.75, 3.05) is 5.43 Å². The smallest absolute Gasteiger partial charge is 0.280 e. The van der Waals surface area contributed by atoms with Crippen molar-refractivity contribution in [3.8, 4) is 11.4 Å². The molecule has 0 spiro atoms. The van der Waals surface area contributed by atoms with Crippen molar-refractivity contribution in [3.63, 3.8) is 0 Å². The van der Waals surface area contributed by atoms with E-state index in [4.69, 9.17) is 4.52 Å². The monoisotopic (exact) mass is 375 g/mol. The van der Waals surface area contributed by atoms with E-state index in [0.29, 0.717) is 35.5 Å². The Morgan fingerprint density at radius 3 is 2.71 bits per heavy atom. The van der Waals surface area contributed by atoms with Crippen molar-refractivity contribution in [1.82, 2.24) is 19.8 Å². The summed E-state index contributed by atoms with van der Waals surface area (Å²) in [6, 6.07) is 16.5. The molecule has 2 aromatic heterocycles. The van der Waals surface area contributed by atoms with E-state index >= 15 is 0 Å². The Labute approximate surface area is 159 Å². The van der Waals surface area contributed by atoms with Crippen LogP contribution in [0, 0.1) is 0 Å². The van der Waals surface area contributed by atoms with E-state index in [1.165, 1.54) is 6.33 Å². The number of hydrogen-bond acceptors (Lipinski definition) is 6. The number of nitrogens with zero attached hydrogens (tertiary/aromatic N) is 4. The standard InChI is InChI=1S/C20H17N5O3/c26-17(23-25-13-21-16-10-5-4-9-15(16)20(25)27)11-6-12-18-22-19(24-28-18)14-7-2-1-3-8-14/h1-5,7-10,13H,6,11-12H2,(H,23,26). The van der Waals surface area contributed by atoms with Gasteiger partial charge in [0.2, 0.25) is 17.6 Å². The van der Waals surface area contributed by atoms with Crippen LogP contribution in [0.3, 0.4) is 0 Å². The lowest BCUT2D eigenvalue weighted by Gasteiger charge is -2.08. The number of aryl methyl sites for hydroxylation is 1. The quantitative estimate of drug-likeness (QED) is 0.555. The second-order valence-electron chi connectivity index (χ2n) is 6.20. The summed E-state index contributed by atoms with van der Waals surface area (Å²) < 4.78 is 6.33. The fourth-order valence-electron chi connectivity index (χ4n) is 2.80. The third-order valence-corrected chi connectivity index (χ3v) is 4.21. The summed E-state index contributed by atoms with van der Waals surface area (Å²) in [7, 11) is 0. The molecule has 0 radical (unpaired) electrons. The molecule has 0 aliphatic rings. The first kappa shape index (κ1) is 17.6.